The lowest BCUT2D eigenvalue weighted by Crippen LogP contribution is -2.35. The minimum absolute atomic E-state index is 0.0317. The van der Waals surface area contributed by atoms with E-state index in [9.17, 15) is 9.59 Å². The molecule has 0 aliphatic carbocycles. The van der Waals surface area contributed by atoms with Gasteiger partial charge in [0.15, 0.2) is 0 Å². The number of carbonyl (C=O) groups is 2. The largest absolute Gasteiger partial charge is 0.494 e. The zero-order chi connectivity index (χ0) is 19.6. The van der Waals surface area contributed by atoms with E-state index in [4.69, 9.17) is 4.74 Å². The summed E-state index contributed by atoms with van der Waals surface area (Å²) in [5.74, 6) is 0.547. The number of carbonyl (C=O) groups excluding carboxylic acids is 2. The summed E-state index contributed by atoms with van der Waals surface area (Å²) in [4.78, 5) is 26.2. The molecule has 2 aromatic rings. The monoisotopic (exact) mass is 368 g/mol. The van der Waals surface area contributed by atoms with E-state index in [1.54, 1.807) is 7.05 Å². The Balaban J connectivity index is 1.87. The summed E-state index contributed by atoms with van der Waals surface area (Å²) < 4.78 is 5.59. The number of hydrogen-bond acceptors (Lipinski definition) is 3. The van der Waals surface area contributed by atoms with Crippen molar-refractivity contribution in [2.75, 3.05) is 25.5 Å². The topological polar surface area (TPSA) is 58.6 Å². The Bertz CT molecular complexity index is 774. The molecule has 0 aliphatic rings. The van der Waals surface area contributed by atoms with Crippen molar-refractivity contribution in [3.8, 4) is 5.75 Å². The van der Waals surface area contributed by atoms with Crippen LogP contribution in [0.5, 0.6) is 5.75 Å². The molecule has 2 rings (SSSR count). The molecule has 0 fully saturated rings. The molecular formula is C22H28N2O3. The average molecular weight is 368 g/mol. The summed E-state index contributed by atoms with van der Waals surface area (Å²) in [6.45, 7) is 4.60. The van der Waals surface area contributed by atoms with E-state index in [-0.39, 0.29) is 18.4 Å². The highest BCUT2D eigenvalue weighted by molar-refractivity contribution is 5.95. The van der Waals surface area contributed by atoms with E-state index < -0.39 is 0 Å². The number of anilines is 1. The second kappa shape index (κ2) is 10.4. The minimum Gasteiger partial charge on any atom is -0.494 e. The van der Waals surface area contributed by atoms with Gasteiger partial charge in [-0.2, -0.15) is 0 Å². The van der Waals surface area contributed by atoms with Gasteiger partial charge in [0.2, 0.25) is 11.8 Å². The lowest BCUT2D eigenvalue weighted by molar-refractivity contribution is -0.133. The summed E-state index contributed by atoms with van der Waals surface area (Å²) in [6, 6.07) is 15.4. The highest BCUT2D eigenvalue weighted by Gasteiger charge is 2.15. The molecule has 0 spiro atoms. The van der Waals surface area contributed by atoms with Crippen LogP contribution in [0.3, 0.4) is 0 Å². The van der Waals surface area contributed by atoms with Crippen LogP contribution < -0.4 is 10.1 Å². The van der Waals surface area contributed by atoms with E-state index in [1.165, 1.54) is 4.90 Å². The first-order chi connectivity index (χ1) is 13.0. The van der Waals surface area contributed by atoms with Crippen LogP contribution in [0, 0.1) is 0 Å². The maximum absolute atomic E-state index is 12.4. The molecule has 0 aromatic heterocycles. The molecule has 2 amide bonds. The molecule has 1 N–H and O–H groups in total. The van der Waals surface area contributed by atoms with E-state index >= 15 is 0 Å². The van der Waals surface area contributed by atoms with Crippen molar-refractivity contribution >= 4 is 17.5 Å². The Morgan fingerprint density at radius 1 is 1.00 bits per heavy atom. The average Bonchev–Trinajstić information content (AvgIpc) is 2.67. The van der Waals surface area contributed by atoms with Gasteiger partial charge < -0.3 is 15.0 Å². The van der Waals surface area contributed by atoms with E-state index in [0.29, 0.717) is 19.4 Å². The lowest BCUT2D eigenvalue weighted by Gasteiger charge is -2.18. The molecule has 0 saturated carbocycles. The van der Waals surface area contributed by atoms with Crippen LogP contribution in [0.25, 0.3) is 0 Å². The first-order valence-corrected chi connectivity index (χ1v) is 9.37. The molecule has 0 heterocycles. The Hall–Kier alpha value is -2.82. The maximum Gasteiger partial charge on any atom is 0.243 e. The number of aryl methyl sites for hydroxylation is 2. The molecule has 0 atom stereocenters. The number of para-hydroxylation sites is 2. The molecular weight excluding hydrogens is 340 g/mol. The van der Waals surface area contributed by atoms with Gasteiger partial charge in [-0.1, -0.05) is 43.3 Å². The van der Waals surface area contributed by atoms with Crippen molar-refractivity contribution in [3.05, 3.63) is 59.7 Å². The maximum atomic E-state index is 12.4. The Morgan fingerprint density at radius 2 is 1.67 bits per heavy atom. The molecule has 5 nitrogen and oxygen atoms in total. The molecule has 5 heteroatoms. The highest BCUT2D eigenvalue weighted by atomic mass is 16.5. The number of nitrogens with zero attached hydrogens (tertiary/aromatic N) is 1. The van der Waals surface area contributed by atoms with Gasteiger partial charge in [-0.05, 0) is 43.0 Å². The first-order valence-electron chi connectivity index (χ1n) is 9.37. The minimum atomic E-state index is -0.193. The molecule has 27 heavy (non-hydrogen) atoms. The quantitative estimate of drug-likeness (QED) is 0.735. The van der Waals surface area contributed by atoms with E-state index in [2.05, 4.69) is 5.32 Å². The van der Waals surface area contributed by atoms with Crippen LogP contribution in [0.4, 0.5) is 5.69 Å². The van der Waals surface area contributed by atoms with Crippen LogP contribution in [0.1, 0.15) is 31.4 Å². The van der Waals surface area contributed by atoms with Gasteiger partial charge in [0.1, 0.15) is 5.75 Å². The fraction of sp³-hybridized carbons (Fsp3) is 0.364. The zero-order valence-corrected chi connectivity index (χ0v) is 16.3. The fourth-order valence-electron chi connectivity index (χ4n) is 2.88. The number of benzene rings is 2. The molecule has 0 unspecified atom stereocenters. The number of hydrogen-bond donors (Lipinski definition) is 1. The van der Waals surface area contributed by atoms with Crippen molar-refractivity contribution in [2.24, 2.45) is 0 Å². The van der Waals surface area contributed by atoms with Gasteiger partial charge in [0.25, 0.3) is 0 Å². The number of amides is 2. The summed E-state index contributed by atoms with van der Waals surface area (Å²) in [6.07, 6.45) is 1.75. The number of nitrogens with one attached hydrogen (secondary N) is 1. The van der Waals surface area contributed by atoms with Gasteiger partial charge in [0, 0.05) is 19.2 Å². The van der Waals surface area contributed by atoms with Crippen molar-refractivity contribution in [1.29, 1.82) is 0 Å². The predicted molar refractivity (Wildman–Crippen MR) is 108 cm³/mol. The second-order valence-electron chi connectivity index (χ2n) is 6.35. The summed E-state index contributed by atoms with van der Waals surface area (Å²) >= 11 is 0. The Labute approximate surface area is 161 Å². The van der Waals surface area contributed by atoms with Crippen molar-refractivity contribution in [1.82, 2.24) is 4.90 Å². The molecule has 2 aromatic carbocycles. The molecule has 144 valence electrons. The van der Waals surface area contributed by atoms with Gasteiger partial charge in [0.05, 0.1) is 13.2 Å². The third-order valence-electron chi connectivity index (χ3n) is 4.36. The number of likely N-dealkylation sites (N-methyl/N-ethyl adjacent to an activating group) is 1. The lowest BCUT2D eigenvalue weighted by atomic mass is 10.1. The van der Waals surface area contributed by atoms with Crippen LogP contribution >= 0.6 is 0 Å². The Morgan fingerprint density at radius 3 is 2.37 bits per heavy atom. The zero-order valence-electron chi connectivity index (χ0n) is 16.3. The molecule has 0 bridgehead atoms. The van der Waals surface area contributed by atoms with Gasteiger partial charge in [-0.25, -0.2) is 0 Å². The van der Waals surface area contributed by atoms with Crippen molar-refractivity contribution in [2.45, 2.75) is 33.1 Å². The normalized spacial score (nSPS) is 10.3. The molecule has 0 radical (unpaired) electrons. The van der Waals surface area contributed by atoms with Crippen LogP contribution in [0.2, 0.25) is 0 Å². The van der Waals surface area contributed by atoms with Crippen molar-refractivity contribution in [3.63, 3.8) is 0 Å². The van der Waals surface area contributed by atoms with E-state index in [1.807, 2.05) is 62.4 Å². The summed E-state index contributed by atoms with van der Waals surface area (Å²) in [5, 5.41) is 2.89. The third-order valence-corrected chi connectivity index (χ3v) is 4.36. The third kappa shape index (κ3) is 6.13. The van der Waals surface area contributed by atoms with Crippen LogP contribution in [-0.2, 0) is 22.4 Å². The Kier molecular flexibility index (Phi) is 7.86. The SMILES string of the molecule is CCOc1ccccc1CCC(=O)N(C)CC(=O)Nc1ccccc1CC. The van der Waals surface area contributed by atoms with Crippen LogP contribution in [0.15, 0.2) is 48.5 Å². The standard InChI is InChI=1S/C22H28N2O3/c1-4-17-10-6-8-12-19(17)23-21(25)16-24(3)22(26)15-14-18-11-7-9-13-20(18)27-5-2/h6-13H,4-5,14-16H2,1-3H3,(H,23,25). The second-order valence-corrected chi connectivity index (χ2v) is 6.35. The van der Waals surface area contributed by atoms with Gasteiger partial charge in [-0.15, -0.1) is 0 Å². The predicted octanol–water partition coefficient (Wildman–Crippen LogP) is 3.68. The van der Waals surface area contributed by atoms with E-state index in [0.717, 1.165) is 29.0 Å². The van der Waals surface area contributed by atoms with Gasteiger partial charge in [-0.3, -0.25) is 9.59 Å². The van der Waals surface area contributed by atoms with Crippen LogP contribution in [-0.4, -0.2) is 36.9 Å². The summed E-state index contributed by atoms with van der Waals surface area (Å²) in [7, 11) is 1.65. The summed E-state index contributed by atoms with van der Waals surface area (Å²) in [5.41, 5.74) is 2.88. The highest BCUT2D eigenvalue weighted by Crippen LogP contribution is 2.20. The molecule has 0 saturated heterocycles. The first kappa shape index (κ1) is 20.5. The fourth-order valence-corrected chi connectivity index (χ4v) is 2.88. The number of rotatable bonds is 9. The molecule has 0 aliphatic heterocycles. The number of ether oxygens (including phenoxy) is 1. The van der Waals surface area contributed by atoms with Gasteiger partial charge >= 0.3 is 0 Å². The van der Waals surface area contributed by atoms with Crippen molar-refractivity contribution < 1.29 is 14.3 Å². The smallest absolute Gasteiger partial charge is 0.243 e.